The minimum Gasteiger partial charge on any atom is -0.348 e. The molecule has 1 aromatic carbocycles. The summed E-state index contributed by atoms with van der Waals surface area (Å²) in [6.45, 7) is 4.56. The minimum atomic E-state index is -0.206. The van der Waals surface area contributed by atoms with Crippen LogP contribution >= 0.6 is 22.9 Å². The molecule has 1 saturated heterocycles. The van der Waals surface area contributed by atoms with Crippen molar-refractivity contribution in [2.45, 2.75) is 32.4 Å². The van der Waals surface area contributed by atoms with Gasteiger partial charge in [0.25, 0.3) is 5.91 Å². The molecule has 0 saturated carbocycles. The lowest BCUT2D eigenvalue weighted by Gasteiger charge is -2.32. The zero-order valence-electron chi connectivity index (χ0n) is 13.5. The Kier molecular flexibility index (Phi) is 5.54. The summed E-state index contributed by atoms with van der Waals surface area (Å²) >= 11 is 7.55. The Balaban J connectivity index is 1.49. The Morgan fingerprint density at radius 1 is 1.33 bits per heavy atom. The predicted molar refractivity (Wildman–Crippen MR) is 96.2 cm³/mol. The molecule has 128 valence electrons. The number of piperidine rings is 1. The topological polar surface area (TPSA) is 32.3 Å². The maximum absolute atomic E-state index is 12.9. The van der Waals surface area contributed by atoms with Crippen LogP contribution in [0.2, 0.25) is 5.02 Å². The fourth-order valence-corrected chi connectivity index (χ4v) is 4.10. The van der Waals surface area contributed by atoms with Gasteiger partial charge in [-0.1, -0.05) is 23.7 Å². The third kappa shape index (κ3) is 4.15. The summed E-state index contributed by atoms with van der Waals surface area (Å²) in [6, 6.07) is 6.82. The quantitative estimate of drug-likeness (QED) is 0.877. The van der Waals surface area contributed by atoms with Crippen LogP contribution in [0, 0.1) is 12.7 Å². The standard InChI is InChI=1S/C18H20ClFN2OS/c1-12-11-24-17(16(12)19)18(23)21-15-6-8-22(9-7-15)10-13-2-4-14(20)5-3-13/h2-5,11,15H,6-10H2,1H3,(H,21,23). The lowest BCUT2D eigenvalue weighted by atomic mass is 10.0. The summed E-state index contributed by atoms with van der Waals surface area (Å²) in [6.07, 6.45) is 1.82. The van der Waals surface area contributed by atoms with Crippen molar-refractivity contribution in [1.29, 1.82) is 0 Å². The molecular weight excluding hydrogens is 347 g/mol. The van der Waals surface area contributed by atoms with E-state index in [-0.39, 0.29) is 17.8 Å². The van der Waals surface area contributed by atoms with Gasteiger partial charge in [-0.05, 0) is 48.4 Å². The van der Waals surface area contributed by atoms with Crippen molar-refractivity contribution >= 4 is 28.8 Å². The van der Waals surface area contributed by atoms with Gasteiger partial charge < -0.3 is 5.32 Å². The van der Waals surface area contributed by atoms with Gasteiger partial charge in [0.15, 0.2) is 0 Å². The largest absolute Gasteiger partial charge is 0.348 e. The van der Waals surface area contributed by atoms with E-state index >= 15 is 0 Å². The smallest absolute Gasteiger partial charge is 0.263 e. The fraction of sp³-hybridized carbons (Fsp3) is 0.389. The summed E-state index contributed by atoms with van der Waals surface area (Å²) in [5.41, 5.74) is 2.06. The lowest BCUT2D eigenvalue weighted by Crippen LogP contribution is -2.44. The molecule has 0 spiro atoms. The highest BCUT2D eigenvalue weighted by Crippen LogP contribution is 2.27. The van der Waals surface area contributed by atoms with E-state index in [1.54, 1.807) is 0 Å². The van der Waals surface area contributed by atoms with E-state index in [2.05, 4.69) is 10.2 Å². The van der Waals surface area contributed by atoms with Gasteiger partial charge in [0.1, 0.15) is 10.7 Å². The number of nitrogens with one attached hydrogen (secondary N) is 1. The van der Waals surface area contributed by atoms with Crippen molar-refractivity contribution in [2.75, 3.05) is 13.1 Å². The van der Waals surface area contributed by atoms with Crippen LogP contribution in [-0.4, -0.2) is 29.9 Å². The van der Waals surface area contributed by atoms with Crippen LogP contribution in [0.3, 0.4) is 0 Å². The highest BCUT2D eigenvalue weighted by molar-refractivity contribution is 7.13. The summed E-state index contributed by atoms with van der Waals surface area (Å²) in [5.74, 6) is -0.280. The van der Waals surface area contributed by atoms with Crippen LogP contribution in [-0.2, 0) is 6.54 Å². The highest BCUT2D eigenvalue weighted by Gasteiger charge is 2.23. The van der Waals surface area contributed by atoms with E-state index in [1.165, 1.54) is 23.5 Å². The van der Waals surface area contributed by atoms with E-state index in [9.17, 15) is 9.18 Å². The maximum Gasteiger partial charge on any atom is 0.263 e. The summed E-state index contributed by atoms with van der Waals surface area (Å²) < 4.78 is 12.9. The Bertz CT molecular complexity index is 708. The molecule has 1 aliphatic heterocycles. The summed E-state index contributed by atoms with van der Waals surface area (Å²) in [7, 11) is 0. The van der Waals surface area contributed by atoms with Crippen LogP contribution in [0.15, 0.2) is 29.6 Å². The van der Waals surface area contributed by atoms with Gasteiger partial charge in [0.05, 0.1) is 5.02 Å². The lowest BCUT2D eigenvalue weighted by molar-refractivity contribution is 0.0913. The maximum atomic E-state index is 12.9. The number of hydrogen-bond acceptors (Lipinski definition) is 3. The Hall–Kier alpha value is -1.43. The Morgan fingerprint density at radius 3 is 2.58 bits per heavy atom. The number of hydrogen-bond donors (Lipinski definition) is 1. The fourth-order valence-electron chi connectivity index (χ4n) is 2.92. The molecule has 1 aliphatic rings. The normalized spacial score (nSPS) is 16.3. The van der Waals surface area contributed by atoms with E-state index in [1.807, 2.05) is 24.4 Å². The second kappa shape index (κ2) is 7.64. The molecule has 1 fully saturated rings. The first-order chi connectivity index (χ1) is 11.5. The third-order valence-corrected chi connectivity index (χ3v) is 6.04. The van der Waals surface area contributed by atoms with Crippen molar-refractivity contribution in [3.63, 3.8) is 0 Å². The van der Waals surface area contributed by atoms with Crippen molar-refractivity contribution in [3.05, 3.63) is 56.5 Å². The van der Waals surface area contributed by atoms with Gasteiger partial charge in [0.2, 0.25) is 0 Å². The average Bonchev–Trinajstić information content (AvgIpc) is 2.91. The molecule has 3 nitrogen and oxygen atoms in total. The van der Waals surface area contributed by atoms with Crippen LogP contribution < -0.4 is 5.32 Å². The molecular formula is C18H20ClFN2OS. The SMILES string of the molecule is Cc1csc(C(=O)NC2CCN(Cc3ccc(F)cc3)CC2)c1Cl. The zero-order valence-corrected chi connectivity index (χ0v) is 15.1. The number of carbonyl (C=O) groups excluding carboxylic acids is 1. The molecule has 24 heavy (non-hydrogen) atoms. The molecule has 0 bridgehead atoms. The molecule has 1 N–H and O–H groups in total. The second-order valence-corrected chi connectivity index (χ2v) is 7.47. The number of likely N-dealkylation sites (tertiary alicyclic amines) is 1. The first-order valence-corrected chi connectivity index (χ1v) is 9.30. The Morgan fingerprint density at radius 2 is 2.00 bits per heavy atom. The first-order valence-electron chi connectivity index (χ1n) is 8.04. The number of rotatable bonds is 4. The van der Waals surface area contributed by atoms with Gasteiger partial charge in [0, 0.05) is 25.7 Å². The van der Waals surface area contributed by atoms with E-state index in [0.717, 1.165) is 43.6 Å². The van der Waals surface area contributed by atoms with Gasteiger partial charge in [-0.3, -0.25) is 9.69 Å². The number of amides is 1. The molecule has 1 aromatic heterocycles. The number of thiophene rings is 1. The van der Waals surface area contributed by atoms with Gasteiger partial charge in [-0.15, -0.1) is 11.3 Å². The van der Waals surface area contributed by atoms with Gasteiger partial charge in [-0.2, -0.15) is 0 Å². The van der Waals surface area contributed by atoms with E-state index in [4.69, 9.17) is 11.6 Å². The molecule has 6 heteroatoms. The van der Waals surface area contributed by atoms with Crippen LogP contribution in [0.25, 0.3) is 0 Å². The van der Waals surface area contributed by atoms with Crippen LogP contribution in [0.4, 0.5) is 4.39 Å². The van der Waals surface area contributed by atoms with Crippen LogP contribution in [0.1, 0.15) is 33.6 Å². The highest BCUT2D eigenvalue weighted by atomic mass is 35.5. The molecule has 0 radical (unpaired) electrons. The monoisotopic (exact) mass is 366 g/mol. The molecule has 0 unspecified atom stereocenters. The number of halogens is 2. The molecule has 0 atom stereocenters. The average molecular weight is 367 g/mol. The van der Waals surface area contributed by atoms with Crippen molar-refractivity contribution in [3.8, 4) is 0 Å². The van der Waals surface area contributed by atoms with Crippen molar-refractivity contribution < 1.29 is 9.18 Å². The molecule has 2 aromatic rings. The zero-order chi connectivity index (χ0) is 17.1. The number of carbonyl (C=O) groups is 1. The van der Waals surface area contributed by atoms with Crippen molar-refractivity contribution in [2.24, 2.45) is 0 Å². The molecule has 2 heterocycles. The molecule has 3 rings (SSSR count). The number of nitrogens with zero attached hydrogens (tertiary/aromatic N) is 1. The first kappa shape index (κ1) is 17.4. The third-order valence-electron chi connectivity index (χ3n) is 4.35. The van der Waals surface area contributed by atoms with E-state index in [0.29, 0.717) is 9.90 Å². The predicted octanol–water partition coefficient (Wildman–Crippen LogP) is 4.24. The van der Waals surface area contributed by atoms with Gasteiger partial charge in [-0.25, -0.2) is 4.39 Å². The summed E-state index contributed by atoms with van der Waals surface area (Å²) in [5, 5.41) is 5.56. The van der Waals surface area contributed by atoms with Crippen LogP contribution in [0.5, 0.6) is 0 Å². The summed E-state index contributed by atoms with van der Waals surface area (Å²) in [4.78, 5) is 15.2. The number of aryl methyl sites for hydroxylation is 1. The minimum absolute atomic E-state index is 0.0740. The number of benzene rings is 1. The second-order valence-electron chi connectivity index (χ2n) is 6.21. The molecule has 0 aliphatic carbocycles. The van der Waals surface area contributed by atoms with Crippen molar-refractivity contribution in [1.82, 2.24) is 10.2 Å². The van der Waals surface area contributed by atoms with Gasteiger partial charge >= 0.3 is 0 Å². The van der Waals surface area contributed by atoms with E-state index < -0.39 is 0 Å². The molecule has 1 amide bonds. The Labute approximate surface area is 150 Å².